The van der Waals surface area contributed by atoms with E-state index >= 15 is 0 Å². The van der Waals surface area contributed by atoms with Crippen molar-refractivity contribution in [3.63, 3.8) is 0 Å². The zero-order valence-electron chi connectivity index (χ0n) is 24.1. The molecule has 1 atom stereocenters. The number of anilines is 1. The number of amides is 2. The van der Waals surface area contributed by atoms with Gasteiger partial charge in [0.25, 0.3) is 10.0 Å². The first-order chi connectivity index (χ1) is 20.0. The molecule has 1 N–H and O–H groups in total. The molecule has 1 aliphatic rings. The molecule has 42 heavy (non-hydrogen) atoms. The van der Waals surface area contributed by atoms with E-state index in [0.717, 1.165) is 52.0 Å². The van der Waals surface area contributed by atoms with Gasteiger partial charge in [0.05, 0.1) is 10.6 Å². The van der Waals surface area contributed by atoms with E-state index in [4.69, 9.17) is 11.6 Å². The number of halogens is 2. The molecule has 0 heterocycles. The van der Waals surface area contributed by atoms with Crippen LogP contribution in [-0.4, -0.2) is 43.8 Å². The lowest BCUT2D eigenvalue weighted by Gasteiger charge is -2.33. The van der Waals surface area contributed by atoms with Gasteiger partial charge >= 0.3 is 0 Å². The van der Waals surface area contributed by atoms with E-state index in [1.54, 1.807) is 44.2 Å². The minimum Gasteiger partial charge on any atom is -0.352 e. The topological polar surface area (TPSA) is 86.8 Å². The molecule has 0 aromatic heterocycles. The predicted octanol–water partition coefficient (Wildman–Crippen LogP) is 6.78. The Bertz CT molecular complexity index is 1520. The SMILES string of the molecule is Cc1ccc(S(=O)(=O)N(CC(=O)N(Cc2cccc(Br)c2)C(C)C(=O)NC2CCCCC2)c2cccc(Cl)c2C)cc1. The van der Waals surface area contributed by atoms with Crippen LogP contribution in [0.3, 0.4) is 0 Å². The second-order valence-electron chi connectivity index (χ2n) is 10.9. The van der Waals surface area contributed by atoms with Crippen LogP contribution < -0.4 is 9.62 Å². The highest BCUT2D eigenvalue weighted by atomic mass is 79.9. The number of benzene rings is 3. The molecule has 3 aromatic rings. The number of nitrogens with zero attached hydrogens (tertiary/aromatic N) is 2. The second kappa shape index (κ2) is 14.1. The molecule has 1 unspecified atom stereocenters. The van der Waals surface area contributed by atoms with Crippen LogP contribution in [0.2, 0.25) is 5.02 Å². The number of carbonyl (C=O) groups is 2. The Balaban J connectivity index is 1.71. The zero-order chi connectivity index (χ0) is 30.4. The minimum absolute atomic E-state index is 0.0573. The largest absolute Gasteiger partial charge is 0.352 e. The summed E-state index contributed by atoms with van der Waals surface area (Å²) in [4.78, 5) is 29.1. The summed E-state index contributed by atoms with van der Waals surface area (Å²) in [6, 6.07) is 18.2. The molecular formula is C32H37BrClN3O4S. The lowest BCUT2D eigenvalue weighted by molar-refractivity contribution is -0.139. The number of aryl methyl sites for hydroxylation is 1. The molecule has 0 saturated heterocycles. The van der Waals surface area contributed by atoms with E-state index in [1.165, 1.54) is 17.0 Å². The molecule has 0 bridgehead atoms. The van der Waals surface area contributed by atoms with Crippen molar-refractivity contribution >= 4 is 55.1 Å². The van der Waals surface area contributed by atoms with Crippen LogP contribution in [0, 0.1) is 13.8 Å². The van der Waals surface area contributed by atoms with Gasteiger partial charge in [0.1, 0.15) is 12.6 Å². The number of rotatable bonds is 10. The average molecular weight is 675 g/mol. The number of hydrogen-bond donors (Lipinski definition) is 1. The maximum atomic E-state index is 14.2. The van der Waals surface area contributed by atoms with E-state index in [2.05, 4.69) is 21.2 Å². The van der Waals surface area contributed by atoms with E-state index in [0.29, 0.717) is 16.3 Å². The Kier molecular flexibility index (Phi) is 10.7. The zero-order valence-corrected chi connectivity index (χ0v) is 27.3. The monoisotopic (exact) mass is 673 g/mol. The fourth-order valence-electron chi connectivity index (χ4n) is 5.20. The molecule has 4 rings (SSSR count). The molecule has 10 heteroatoms. The summed E-state index contributed by atoms with van der Waals surface area (Å²) in [6.45, 7) is 4.91. The number of nitrogens with one attached hydrogen (secondary N) is 1. The van der Waals surface area contributed by atoms with E-state index in [1.807, 2.05) is 31.2 Å². The summed E-state index contributed by atoms with van der Waals surface area (Å²) in [7, 11) is -4.17. The highest BCUT2D eigenvalue weighted by molar-refractivity contribution is 9.10. The van der Waals surface area contributed by atoms with Gasteiger partial charge in [-0.1, -0.05) is 82.7 Å². The maximum Gasteiger partial charge on any atom is 0.264 e. The van der Waals surface area contributed by atoms with Gasteiger partial charge in [-0.05, 0) is 81.1 Å². The van der Waals surface area contributed by atoms with Crippen molar-refractivity contribution in [2.24, 2.45) is 0 Å². The van der Waals surface area contributed by atoms with Gasteiger partial charge in [0.2, 0.25) is 11.8 Å². The summed E-state index contributed by atoms with van der Waals surface area (Å²) >= 11 is 9.89. The third-order valence-electron chi connectivity index (χ3n) is 7.76. The molecule has 0 spiro atoms. The highest BCUT2D eigenvalue weighted by Crippen LogP contribution is 2.31. The molecule has 3 aromatic carbocycles. The van der Waals surface area contributed by atoms with Gasteiger partial charge in [0.15, 0.2) is 0 Å². The Morgan fingerprint density at radius 3 is 2.33 bits per heavy atom. The summed E-state index contributed by atoms with van der Waals surface area (Å²) in [5.74, 6) is -0.756. The van der Waals surface area contributed by atoms with Crippen LogP contribution in [0.4, 0.5) is 5.69 Å². The fourth-order valence-corrected chi connectivity index (χ4v) is 7.29. The average Bonchev–Trinajstić information content (AvgIpc) is 2.96. The van der Waals surface area contributed by atoms with Gasteiger partial charge in [-0.2, -0.15) is 0 Å². The van der Waals surface area contributed by atoms with Gasteiger partial charge in [-0.15, -0.1) is 0 Å². The molecule has 0 aliphatic heterocycles. The minimum atomic E-state index is -4.17. The van der Waals surface area contributed by atoms with Crippen LogP contribution in [0.25, 0.3) is 0 Å². The first kappa shape index (κ1) is 32.0. The lowest BCUT2D eigenvalue weighted by Crippen LogP contribution is -2.53. The van der Waals surface area contributed by atoms with E-state index in [-0.39, 0.29) is 23.4 Å². The molecule has 0 radical (unpaired) electrons. The van der Waals surface area contributed by atoms with E-state index < -0.39 is 28.5 Å². The molecular weight excluding hydrogens is 638 g/mol. The third kappa shape index (κ3) is 7.74. The fraction of sp³-hybridized carbons (Fsp3) is 0.375. The first-order valence-corrected chi connectivity index (χ1v) is 16.8. The van der Waals surface area contributed by atoms with Gasteiger partial charge < -0.3 is 10.2 Å². The second-order valence-corrected chi connectivity index (χ2v) is 14.1. The van der Waals surface area contributed by atoms with Crippen molar-refractivity contribution in [3.05, 3.63) is 92.9 Å². The first-order valence-electron chi connectivity index (χ1n) is 14.2. The smallest absolute Gasteiger partial charge is 0.264 e. The van der Waals surface area contributed by atoms with Crippen molar-refractivity contribution in [2.45, 2.75) is 76.4 Å². The van der Waals surface area contributed by atoms with Crippen LogP contribution >= 0.6 is 27.5 Å². The predicted molar refractivity (Wildman–Crippen MR) is 171 cm³/mol. The van der Waals surface area contributed by atoms with Gasteiger partial charge in [-0.3, -0.25) is 13.9 Å². The Morgan fingerprint density at radius 1 is 1.00 bits per heavy atom. The molecule has 1 fully saturated rings. The lowest BCUT2D eigenvalue weighted by atomic mass is 9.95. The van der Waals surface area contributed by atoms with Crippen LogP contribution in [0.1, 0.15) is 55.7 Å². The number of hydrogen-bond acceptors (Lipinski definition) is 4. The molecule has 7 nitrogen and oxygen atoms in total. The summed E-state index contributed by atoms with van der Waals surface area (Å²) in [5.41, 5.74) is 2.55. The highest BCUT2D eigenvalue weighted by Gasteiger charge is 2.34. The van der Waals surface area contributed by atoms with Crippen LogP contribution in [0.15, 0.2) is 76.1 Å². The number of carbonyl (C=O) groups excluding carboxylic acids is 2. The van der Waals surface area contributed by atoms with Crippen molar-refractivity contribution < 1.29 is 18.0 Å². The molecule has 1 saturated carbocycles. The van der Waals surface area contributed by atoms with Crippen molar-refractivity contribution in [1.82, 2.24) is 10.2 Å². The molecule has 1 aliphatic carbocycles. The Morgan fingerprint density at radius 2 is 1.67 bits per heavy atom. The number of sulfonamides is 1. The summed E-state index contributed by atoms with van der Waals surface area (Å²) in [6.07, 6.45) is 5.10. The van der Waals surface area contributed by atoms with Crippen molar-refractivity contribution in [3.8, 4) is 0 Å². The Hall–Kier alpha value is -2.88. The van der Waals surface area contributed by atoms with E-state index in [9.17, 15) is 18.0 Å². The summed E-state index contributed by atoms with van der Waals surface area (Å²) < 4.78 is 30.1. The van der Waals surface area contributed by atoms with Gasteiger partial charge in [-0.25, -0.2) is 8.42 Å². The standard InChI is InChI=1S/C32H37BrClN3O4S/c1-22-15-17-28(18-16-22)42(40,41)37(30-14-8-13-29(34)23(30)2)21-31(38)36(20-25-9-7-10-26(33)19-25)24(3)32(39)35-27-11-5-4-6-12-27/h7-10,13-19,24,27H,4-6,11-12,20-21H2,1-3H3,(H,35,39). The van der Waals surface area contributed by atoms with Crippen LogP contribution in [-0.2, 0) is 26.2 Å². The molecule has 224 valence electrons. The Labute approximate surface area is 262 Å². The summed E-state index contributed by atoms with van der Waals surface area (Å²) in [5, 5.41) is 3.51. The van der Waals surface area contributed by atoms with Crippen molar-refractivity contribution in [1.29, 1.82) is 0 Å². The third-order valence-corrected chi connectivity index (χ3v) is 10.4. The van der Waals surface area contributed by atoms with Crippen LogP contribution in [0.5, 0.6) is 0 Å². The molecule has 2 amide bonds. The quantitative estimate of drug-likeness (QED) is 0.257. The maximum absolute atomic E-state index is 14.2. The normalized spacial score (nSPS) is 14.7. The van der Waals surface area contributed by atoms with Gasteiger partial charge in [0, 0.05) is 22.1 Å². The van der Waals surface area contributed by atoms with Crippen molar-refractivity contribution in [2.75, 3.05) is 10.8 Å².